The van der Waals surface area contributed by atoms with Crippen LogP contribution >= 0.6 is 0 Å². The lowest BCUT2D eigenvalue weighted by Gasteiger charge is -2.41. The Kier molecular flexibility index (Phi) is 7.98. The van der Waals surface area contributed by atoms with E-state index in [4.69, 9.17) is 0 Å². The number of amides is 2. The molecule has 2 amide bonds. The van der Waals surface area contributed by atoms with Crippen molar-refractivity contribution in [3.8, 4) is 0 Å². The Morgan fingerprint density at radius 2 is 1.81 bits per heavy atom. The number of quaternary nitrogens is 1. The van der Waals surface area contributed by atoms with Crippen molar-refractivity contribution in [1.82, 2.24) is 15.1 Å². The van der Waals surface area contributed by atoms with E-state index in [1.807, 2.05) is 25.1 Å². The molecule has 2 aromatic carbocycles. The van der Waals surface area contributed by atoms with Gasteiger partial charge >= 0.3 is 0 Å². The molecule has 32 heavy (non-hydrogen) atoms. The van der Waals surface area contributed by atoms with Gasteiger partial charge in [0.25, 0.3) is 5.91 Å². The lowest BCUT2D eigenvalue weighted by molar-refractivity contribution is -0.121. The molecular formula is C26H33N4O2+. The summed E-state index contributed by atoms with van der Waals surface area (Å²) in [6.07, 6.45) is 5.25. The minimum atomic E-state index is -0.264. The number of rotatable bonds is 7. The second-order valence-corrected chi connectivity index (χ2v) is 8.00. The summed E-state index contributed by atoms with van der Waals surface area (Å²) in [5.74, 6) is -0.515. The van der Waals surface area contributed by atoms with Crippen LogP contribution in [0.1, 0.15) is 19.4 Å². The summed E-state index contributed by atoms with van der Waals surface area (Å²) < 4.78 is 0.668. The zero-order chi connectivity index (χ0) is 23.0. The van der Waals surface area contributed by atoms with Crippen LogP contribution in [0.4, 0.5) is 17.1 Å². The number of hydrogen-bond acceptors (Lipinski definition) is 3. The molecule has 168 valence electrons. The van der Waals surface area contributed by atoms with Gasteiger partial charge in [0.05, 0.1) is 6.54 Å². The molecule has 0 aliphatic carbocycles. The van der Waals surface area contributed by atoms with Gasteiger partial charge in [0, 0.05) is 30.8 Å². The molecule has 2 aromatic rings. The van der Waals surface area contributed by atoms with Gasteiger partial charge in [-0.15, -0.1) is 0 Å². The highest BCUT2D eigenvalue weighted by Crippen LogP contribution is 2.40. The second kappa shape index (κ2) is 10.9. The highest BCUT2D eigenvalue weighted by atomic mass is 16.2. The van der Waals surface area contributed by atoms with Crippen LogP contribution in [0.3, 0.4) is 0 Å². The van der Waals surface area contributed by atoms with Crippen molar-refractivity contribution in [3.05, 3.63) is 77.9 Å². The molecule has 1 aliphatic heterocycles. The van der Waals surface area contributed by atoms with Crippen molar-refractivity contribution in [2.45, 2.75) is 20.8 Å². The number of nitrogens with one attached hydrogen (secondary N) is 3. The van der Waals surface area contributed by atoms with Crippen LogP contribution < -0.4 is 20.4 Å². The van der Waals surface area contributed by atoms with Gasteiger partial charge in [-0.3, -0.25) is 14.1 Å². The number of aryl methyl sites for hydroxylation is 1. The van der Waals surface area contributed by atoms with Crippen LogP contribution in [0.15, 0.2) is 72.3 Å². The molecule has 0 aromatic heterocycles. The molecule has 1 heterocycles. The highest BCUT2D eigenvalue weighted by molar-refractivity contribution is 6.01. The summed E-state index contributed by atoms with van der Waals surface area (Å²) in [5, 5.41) is 9.19. The predicted molar refractivity (Wildman–Crippen MR) is 132 cm³/mol. The first kappa shape index (κ1) is 23.4. The average molecular weight is 434 g/mol. The predicted octanol–water partition coefficient (Wildman–Crippen LogP) is 3.81. The standard InChI is InChI=1S/C26H32N4O2/c1-4-9-21(5-2)26(32)28-19-25(31)29-23-12-6-7-13-24(23)30(16-14-27-15-17-30)22-11-8-10-20(3)18-22/h4-13,18,27H,14-17,19H2,1-3H3,(H-,28,29,31,32)/p+1. The van der Waals surface area contributed by atoms with E-state index >= 15 is 0 Å². The number of carbonyl (C=O) groups excluding carboxylic acids is 2. The monoisotopic (exact) mass is 433 g/mol. The van der Waals surface area contributed by atoms with E-state index < -0.39 is 0 Å². The number of allylic oxidation sites excluding steroid dienone is 2. The SMILES string of the molecule is CC=CC(=CC)C(=O)NCC(=O)Nc1ccccc1[N+]1(c2cccc(C)c2)CCNCC1. The first-order chi connectivity index (χ1) is 15.5. The van der Waals surface area contributed by atoms with Gasteiger partial charge in [0.1, 0.15) is 24.5 Å². The lowest BCUT2D eigenvalue weighted by atomic mass is 10.1. The molecule has 1 aliphatic rings. The van der Waals surface area contributed by atoms with Crippen molar-refractivity contribution in [1.29, 1.82) is 0 Å². The lowest BCUT2D eigenvalue weighted by Crippen LogP contribution is -2.56. The molecule has 3 rings (SSSR count). The largest absolute Gasteiger partial charge is 0.343 e. The number of benzene rings is 2. The summed E-state index contributed by atoms with van der Waals surface area (Å²) in [4.78, 5) is 25.0. The number of hydrogen-bond donors (Lipinski definition) is 3. The fraction of sp³-hybridized carbons (Fsp3) is 0.308. The Labute approximate surface area is 190 Å². The summed E-state index contributed by atoms with van der Waals surface area (Å²) in [7, 11) is 0. The Balaban J connectivity index is 1.84. The zero-order valence-corrected chi connectivity index (χ0v) is 19.2. The third-order valence-electron chi connectivity index (χ3n) is 5.80. The van der Waals surface area contributed by atoms with Gasteiger partial charge in [-0.25, -0.2) is 0 Å². The smallest absolute Gasteiger partial charge is 0.251 e. The van der Waals surface area contributed by atoms with Crippen LogP contribution in [0.5, 0.6) is 0 Å². The fourth-order valence-electron chi connectivity index (χ4n) is 4.20. The van der Waals surface area contributed by atoms with Crippen LogP contribution in [0.25, 0.3) is 0 Å². The van der Waals surface area contributed by atoms with Crippen LogP contribution in [0, 0.1) is 6.92 Å². The maximum absolute atomic E-state index is 12.7. The Bertz CT molecular complexity index is 1020. The van der Waals surface area contributed by atoms with E-state index in [-0.39, 0.29) is 18.4 Å². The number of nitrogens with zero attached hydrogens (tertiary/aromatic N) is 1. The van der Waals surface area contributed by atoms with Crippen LogP contribution in [-0.2, 0) is 9.59 Å². The van der Waals surface area contributed by atoms with Crippen molar-refractivity contribution >= 4 is 28.9 Å². The summed E-state index contributed by atoms with van der Waals surface area (Å²) >= 11 is 0. The Hall–Kier alpha value is -3.22. The summed E-state index contributed by atoms with van der Waals surface area (Å²) in [5.41, 5.74) is 4.79. The minimum Gasteiger partial charge on any atom is -0.343 e. The van der Waals surface area contributed by atoms with Crippen molar-refractivity contribution in [3.63, 3.8) is 0 Å². The second-order valence-electron chi connectivity index (χ2n) is 8.00. The van der Waals surface area contributed by atoms with Crippen molar-refractivity contribution in [2.24, 2.45) is 0 Å². The molecular weight excluding hydrogens is 400 g/mol. The van der Waals surface area contributed by atoms with Gasteiger partial charge in [0.15, 0.2) is 5.69 Å². The third kappa shape index (κ3) is 5.33. The molecule has 0 saturated carbocycles. The summed E-state index contributed by atoms with van der Waals surface area (Å²) in [6.45, 7) is 9.23. The van der Waals surface area contributed by atoms with Gasteiger partial charge in [-0.2, -0.15) is 0 Å². The normalized spacial score (nSPS) is 16.0. The fourth-order valence-corrected chi connectivity index (χ4v) is 4.20. The molecule has 0 radical (unpaired) electrons. The van der Waals surface area contributed by atoms with E-state index in [1.54, 1.807) is 25.2 Å². The molecule has 0 spiro atoms. The quantitative estimate of drug-likeness (QED) is 0.353. The Morgan fingerprint density at radius 1 is 1.06 bits per heavy atom. The van der Waals surface area contributed by atoms with Crippen molar-refractivity contribution < 1.29 is 9.59 Å². The Morgan fingerprint density at radius 3 is 2.50 bits per heavy atom. The van der Waals surface area contributed by atoms with Gasteiger partial charge in [0.2, 0.25) is 5.91 Å². The number of anilines is 1. The number of carbonyl (C=O) groups is 2. The first-order valence-electron chi connectivity index (χ1n) is 11.1. The molecule has 1 saturated heterocycles. The van der Waals surface area contributed by atoms with Crippen LogP contribution in [0.2, 0.25) is 0 Å². The maximum Gasteiger partial charge on any atom is 0.251 e. The van der Waals surface area contributed by atoms with E-state index in [0.717, 1.165) is 37.6 Å². The summed E-state index contributed by atoms with van der Waals surface area (Å²) in [6, 6.07) is 16.5. The van der Waals surface area contributed by atoms with E-state index in [9.17, 15) is 9.59 Å². The van der Waals surface area contributed by atoms with Gasteiger partial charge < -0.3 is 16.0 Å². The number of para-hydroxylation sites is 2. The molecule has 6 heteroatoms. The molecule has 3 N–H and O–H groups in total. The number of piperazine rings is 1. The van der Waals surface area contributed by atoms with Gasteiger partial charge in [-0.1, -0.05) is 42.5 Å². The average Bonchev–Trinajstić information content (AvgIpc) is 2.82. The maximum atomic E-state index is 12.7. The molecule has 0 atom stereocenters. The highest BCUT2D eigenvalue weighted by Gasteiger charge is 2.37. The van der Waals surface area contributed by atoms with Crippen LogP contribution in [-0.4, -0.2) is 44.5 Å². The third-order valence-corrected chi connectivity index (χ3v) is 5.80. The molecule has 6 nitrogen and oxygen atoms in total. The molecule has 0 unspecified atom stereocenters. The van der Waals surface area contributed by atoms with Crippen molar-refractivity contribution in [2.75, 3.05) is 38.0 Å². The van der Waals surface area contributed by atoms with E-state index in [1.165, 1.54) is 11.3 Å². The zero-order valence-electron chi connectivity index (χ0n) is 19.2. The first-order valence-corrected chi connectivity index (χ1v) is 11.1. The van der Waals surface area contributed by atoms with E-state index in [0.29, 0.717) is 10.1 Å². The van der Waals surface area contributed by atoms with Gasteiger partial charge in [-0.05, 0) is 38.5 Å². The van der Waals surface area contributed by atoms with E-state index in [2.05, 4.69) is 53.2 Å². The molecule has 1 fully saturated rings. The minimum absolute atomic E-state index is 0.0892. The topological polar surface area (TPSA) is 70.2 Å². The molecule has 0 bridgehead atoms.